The molecule has 0 saturated heterocycles. The Bertz CT molecular complexity index is 449. The van der Waals surface area contributed by atoms with Gasteiger partial charge in [0.05, 0.1) is 7.11 Å². The number of methoxy groups -OCH3 is 1. The first kappa shape index (κ1) is 12.5. The summed E-state index contributed by atoms with van der Waals surface area (Å²) in [6.07, 6.45) is 0. The predicted octanol–water partition coefficient (Wildman–Crippen LogP) is 3.16. The van der Waals surface area contributed by atoms with Crippen LogP contribution in [-0.2, 0) is 0 Å². The Morgan fingerprint density at radius 2 is 1.62 bits per heavy atom. The molecule has 0 radical (unpaired) electrons. The summed E-state index contributed by atoms with van der Waals surface area (Å²) in [7, 11) is 1.69. The number of aliphatic hydroxyl groups is 1. The number of aliphatic hydroxyl groups excluding tert-OH is 1. The lowest BCUT2D eigenvalue weighted by Crippen LogP contribution is -1.82. The van der Waals surface area contributed by atoms with E-state index in [-0.39, 0.29) is 6.61 Å². The summed E-state index contributed by atoms with van der Waals surface area (Å²) in [5, 5.41) is 10.1. The summed E-state index contributed by atoms with van der Waals surface area (Å²) in [5.74, 6) is 0.913. The van der Waals surface area contributed by atoms with E-state index in [1.807, 2.05) is 6.07 Å². The van der Waals surface area contributed by atoms with E-state index in [9.17, 15) is 0 Å². The van der Waals surface area contributed by atoms with Gasteiger partial charge >= 0.3 is 0 Å². The molecular weight excluding hydrogens is 200 g/mol. The summed E-state index contributed by atoms with van der Waals surface area (Å²) < 4.78 is 5.15. The van der Waals surface area contributed by atoms with Crippen LogP contribution < -0.4 is 4.74 Å². The largest absolute Gasteiger partial charge is 0.497 e. The molecule has 1 N–H and O–H groups in total. The molecule has 86 valence electrons. The van der Waals surface area contributed by atoms with Crippen molar-refractivity contribution in [3.05, 3.63) is 42.0 Å². The van der Waals surface area contributed by atoms with E-state index < -0.39 is 0 Å². The maximum Gasteiger partial charge on any atom is 0.119 e. The van der Waals surface area contributed by atoms with Crippen molar-refractivity contribution in [1.82, 2.24) is 0 Å². The van der Waals surface area contributed by atoms with Crippen LogP contribution in [0.1, 0.15) is 12.5 Å². The van der Waals surface area contributed by atoms with E-state index in [2.05, 4.69) is 37.3 Å². The van der Waals surface area contributed by atoms with Crippen LogP contribution in [0.2, 0.25) is 0 Å². The van der Waals surface area contributed by atoms with E-state index in [1.54, 1.807) is 14.0 Å². The topological polar surface area (TPSA) is 29.5 Å². The molecule has 2 aromatic rings. The molecule has 0 heterocycles. The number of hydrogen-bond donors (Lipinski definition) is 1. The van der Waals surface area contributed by atoms with Crippen molar-refractivity contribution in [3.8, 4) is 5.75 Å². The summed E-state index contributed by atoms with van der Waals surface area (Å²) in [6.45, 7) is 4.03. The highest BCUT2D eigenvalue weighted by molar-refractivity contribution is 5.84. The second-order valence-corrected chi connectivity index (χ2v) is 3.53. The molecule has 0 bridgehead atoms. The van der Waals surface area contributed by atoms with Gasteiger partial charge in [0.15, 0.2) is 0 Å². The molecule has 0 aliphatic rings. The minimum Gasteiger partial charge on any atom is -0.497 e. The fraction of sp³-hybridized carbons (Fsp3) is 0.286. The van der Waals surface area contributed by atoms with Gasteiger partial charge in [-0.05, 0) is 36.8 Å². The highest BCUT2D eigenvalue weighted by Gasteiger charge is 1.95. The molecule has 0 aliphatic heterocycles. The lowest BCUT2D eigenvalue weighted by atomic mass is 10.1. The molecule has 2 heteroatoms. The first-order valence-corrected chi connectivity index (χ1v) is 5.36. The second-order valence-electron chi connectivity index (χ2n) is 3.53. The van der Waals surface area contributed by atoms with Crippen molar-refractivity contribution in [2.45, 2.75) is 13.8 Å². The van der Waals surface area contributed by atoms with E-state index >= 15 is 0 Å². The fourth-order valence-electron chi connectivity index (χ4n) is 1.47. The molecule has 0 saturated carbocycles. The minimum atomic E-state index is 0.250. The highest BCUT2D eigenvalue weighted by atomic mass is 16.5. The Kier molecular flexibility index (Phi) is 4.80. The maximum absolute atomic E-state index is 7.57. The lowest BCUT2D eigenvalue weighted by Gasteiger charge is -2.02. The summed E-state index contributed by atoms with van der Waals surface area (Å²) >= 11 is 0. The third-order valence-corrected chi connectivity index (χ3v) is 2.20. The van der Waals surface area contributed by atoms with Crippen molar-refractivity contribution in [3.63, 3.8) is 0 Å². The summed E-state index contributed by atoms with van der Waals surface area (Å²) in [4.78, 5) is 0. The van der Waals surface area contributed by atoms with Gasteiger partial charge in [0.25, 0.3) is 0 Å². The zero-order chi connectivity index (χ0) is 12.0. The minimum absolute atomic E-state index is 0.250. The van der Waals surface area contributed by atoms with Crippen LogP contribution in [0.4, 0.5) is 0 Å². The molecule has 0 atom stereocenters. The first-order chi connectivity index (χ1) is 7.71. The molecule has 2 nitrogen and oxygen atoms in total. The van der Waals surface area contributed by atoms with E-state index in [4.69, 9.17) is 9.84 Å². The van der Waals surface area contributed by atoms with Crippen LogP contribution >= 0.6 is 0 Å². The van der Waals surface area contributed by atoms with Crippen molar-refractivity contribution in [2.24, 2.45) is 0 Å². The van der Waals surface area contributed by atoms with Crippen LogP contribution in [0.5, 0.6) is 5.75 Å². The van der Waals surface area contributed by atoms with Crippen molar-refractivity contribution >= 4 is 10.8 Å². The second kappa shape index (κ2) is 6.13. The fourth-order valence-corrected chi connectivity index (χ4v) is 1.47. The van der Waals surface area contributed by atoms with Crippen LogP contribution in [0, 0.1) is 6.92 Å². The molecule has 0 aromatic heterocycles. The highest BCUT2D eigenvalue weighted by Crippen LogP contribution is 2.21. The zero-order valence-corrected chi connectivity index (χ0v) is 10.0. The van der Waals surface area contributed by atoms with Gasteiger partial charge in [0.2, 0.25) is 0 Å². The van der Waals surface area contributed by atoms with Gasteiger partial charge in [-0.1, -0.05) is 29.8 Å². The average Bonchev–Trinajstić information content (AvgIpc) is 2.29. The van der Waals surface area contributed by atoms with E-state index in [0.29, 0.717) is 0 Å². The van der Waals surface area contributed by atoms with Gasteiger partial charge in [-0.25, -0.2) is 0 Å². The SMILES string of the molecule is CCO.COc1ccc2cc(C)ccc2c1. The normalized spacial score (nSPS) is 9.50. The van der Waals surface area contributed by atoms with Gasteiger partial charge in [-0.15, -0.1) is 0 Å². The quantitative estimate of drug-likeness (QED) is 0.796. The molecule has 0 spiro atoms. The Balaban J connectivity index is 0.000000386. The first-order valence-electron chi connectivity index (χ1n) is 5.36. The monoisotopic (exact) mass is 218 g/mol. The Labute approximate surface area is 96.5 Å². The summed E-state index contributed by atoms with van der Waals surface area (Å²) in [5.41, 5.74) is 1.29. The molecular formula is C14H18O2. The Morgan fingerprint density at radius 3 is 2.25 bits per heavy atom. The van der Waals surface area contributed by atoms with Crippen molar-refractivity contribution in [2.75, 3.05) is 13.7 Å². The molecule has 0 fully saturated rings. The van der Waals surface area contributed by atoms with Crippen LogP contribution in [0.15, 0.2) is 36.4 Å². The number of rotatable bonds is 1. The van der Waals surface area contributed by atoms with Gasteiger partial charge in [-0.3, -0.25) is 0 Å². The molecule has 0 aliphatic carbocycles. The molecule has 2 aromatic carbocycles. The van der Waals surface area contributed by atoms with E-state index in [1.165, 1.54) is 16.3 Å². The molecule has 2 rings (SSSR count). The maximum atomic E-state index is 7.57. The van der Waals surface area contributed by atoms with Gasteiger partial charge in [0, 0.05) is 6.61 Å². The van der Waals surface area contributed by atoms with Crippen LogP contribution in [0.3, 0.4) is 0 Å². The van der Waals surface area contributed by atoms with Crippen molar-refractivity contribution < 1.29 is 9.84 Å². The predicted molar refractivity (Wildman–Crippen MR) is 68.0 cm³/mol. The number of ether oxygens (including phenoxy) is 1. The number of aryl methyl sites for hydroxylation is 1. The molecule has 16 heavy (non-hydrogen) atoms. The van der Waals surface area contributed by atoms with Crippen LogP contribution in [0.25, 0.3) is 10.8 Å². The summed E-state index contributed by atoms with van der Waals surface area (Å²) in [6, 6.07) is 12.5. The third-order valence-electron chi connectivity index (χ3n) is 2.20. The zero-order valence-electron chi connectivity index (χ0n) is 10.0. The van der Waals surface area contributed by atoms with E-state index in [0.717, 1.165) is 5.75 Å². The Hall–Kier alpha value is -1.54. The van der Waals surface area contributed by atoms with Gasteiger partial charge < -0.3 is 9.84 Å². The molecule has 0 unspecified atom stereocenters. The molecule has 0 amide bonds. The van der Waals surface area contributed by atoms with Gasteiger partial charge in [-0.2, -0.15) is 0 Å². The van der Waals surface area contributed by atoms with Gasteiger partial charge in [0.1, 0.15) is 5.75 Å². The number of fused-ring (bicyclic) bond motifs is 1. The Morgan fingerprint density at radius 1 is 1.06 bits per heavy atom. The smallest absolute Gasteiger partial charge is 0.119 e. The standard InChI is InChI=1S/C12H12O.C2H6O/c1-9-3-4-11-8-12(13-2)6-5-10(11)7-9;1-2-3/h3-8H,1-2H3;3H,2H2,1H3. The van der Waals surface area contributed by atoms with Crippen LogP contribution in [-0.4, -0.2) is 18.8 Å². The third kappa shape index (κ3) is 3.24. The lowest BCUT2D eigenvalue weighted by molar-refractivity contribution is 0.318. The number of hydrogen-bond acceptors (Lipinski definition) is 2. The van der Waals surface area contributed by atoms with Crippen molar-refractivity contribution in [1.29, 1.82) is 0 Å². The average molecular weight is 218 g/mol. The number of benzene rings is 2.